The third-order valence-corrected chi connectivity index (χ3v) is 7.77. The molecular weight excluding hydrogens is 437 g/mol. The number of nitrogens with one attached hydrogen (secondary N) is 1. The van der Waals surface area contributed by atoms with E-state index in [9.17, 15) is 14.0 Å². The van der Waals surface area contributed by atoms with E-state index in [1.54, 1.807) is 0 Å². The molecule has 3 aliphatic carbocycles. The first-order chi connectivity index (χ1) is 16.0. The zero-order chi connectivity index (χ0) is 24.7. The first-order valence-corrected chi connectivity index (χ1v) is 12.6. The van der Waals surface area contributed by atoms with Gasteiger partial charge < -0.3 is 19.5 Å². The Labute approximate surface area is 201 Å². The lowest BCUT2D eigenvalue weighted by atomic mass is 9.74. The Morgan fingerprint density at radius 1 is 1.06 bits per heavy atom. The fourth-order valence-corrected chi connectivity index (χ4v) is 5.77. The molecule has 3 atom stereocenters. The van der Waals surface area contributed by atoms with Crippen molar-refractivity contribution >= 4 is 11.9 Å². The molecule has 1 amide bonds. The summed E-state index contributed by atoms with van der Waals surface area (Å²) in [5.41, 5.74) is -0.817. The lowest BCUT2D eigenvalue weighted by Crippen LogP contribution is -2.40. The number of benzene rings is 1. The van der Waals surface area contributed by atoms with E-state index in [4.69, 9.17) is 14.2 Å². The Morgan fingerprint density at radius 2 is 1.76 bits per heavy atom. The van der Waals surface area contributed by atoms with Crippen molar-refractivity contribution in [1.82, 2.24) is 5.32 Å². The minimum atomic E-state index is -0.572. The topological polar surface area (TPSA) is 73.9 Å². The summed E-state index contributed by atoms with van der Waals surface area (Å²) in [6.07, 6.45) is 6.79. The number of carbonyl (C=O) groups is 2. The number of rotatable bonds is 6. The van der Waals surface area contributed by atoms with Crippen LogP contribution < -0.4 is 14.8 Å². The van der Waals surface area contributed by atoms with Crippen molar-refractivity contribution in [2.24, 2.45) is 17.3 Å². The smallest absolute Gasteiger partial charge is 0.312 e. The average Bonchev–Trinajstić information content (AvgIpc) is 3.38. The van der Waals surface area contributed by atoms with Crippen molar-refractivity contribution in [1.29, 1.82) is 0 Å². The van der Waals surface area contributed by atoms with Crippen LogP contribution in [0.2, 0.25) is 0 Å². The predicted molar refractivity (Wildman–Crippen MR) is 126 cm³/mol. The van der Waals surface area contributed by atoms with Crippen molar-refractivity contribution < 1.29 is 28.2 Å². The number of fused-ring (bicyclic) bond motifs is 2. The van der Waals surface area contributed by atoms with Gasteiger partial charge in [-0.15, -0.1) is 0 Å². The Kier molecular flexibility index (Phi) is 6.85. The number of hydrogen-bond acceptors (Lipinski definition) is 5. The first-order valence-electron chi connectivity index (χ1n) is 12.6. The Morgan fingerprint density at radius 3 is 2.32 bits per heavy atom. The molecule has 0 unspecified atom stereocenters. The highest BCUT2D eigenvalue weighted by molar-refractivity contribution is 5.97. The molecule has 3 fully saturated rings. The third kappa shape index (κ3) is 5.33. The first kappa shape index (κ1) is 24.8. The number of hydrogen-bond donors (Lipinski definition) is 1. The normalized spacial score (nSPS) is 30.6. The minimum Gasteiger partial charge on any atom is -0.496 e. The Hall–Kier alpha value is -2.31. The van der Waals surface area contributed by atoms with Crippen LogP contribution >= 0.6 is 0 Å². The highest BCUT2D eigenvalue weighted by atomic mass is 19.1. The van der Waals surface area contributed by atoms with E-state index in [0.717, 1.165) is 12.8 Å². The van der Waals surface area contributed by atoms with Crippen LogP contribution in [0.3, 0.4) is 0 Å². The maximum atomic E-state index is 14.8. The number of methoxy groups -OCH3 is 1. The van der Waals surface area contributed by atoms with Crippen LogP contribution in [-0.2, 0) is 9.53 Å². The molecule has 7 heteroatoms. The number of carbonyl (C=O) groups excluding carboxylic acids is 2. The molecule has 3 aliphatic rings. The molecule has 1 N–H and O–H groups in total. The van der Waals surface area contributed by atoms with Gasteiger partial charge in [0.25, 0.3) is 5.91 Å². The molecule has 3 saturated carbocycles. The fraction of sp³-hybridized carbons (Fsp3) is 0.704. The zero-order valence-corrected chi connectivity index (χ0v) is 21.0. The molecule has 1 aromatic carbocycles. The van der Waals surface area contributed by atoms with Gasteiger partial charge in [-0.1, -0.05) is 6.42 Å². The maximum Gasteiger partial charge on any atom is 0.312 e. The highest BCUT2D eigenvalue weighted by Crippen LogP contribution is 2.45. The second-order valence-corrected chi connectivity index (χ2v) is 11.6. The van der Waals surface area contributed by atoms with E-state index in [2.05, 4.69) is 5.32 Å². The van der Waals surface area contributed by atoms with Crippen LogP contribution in [0, 0.1) is 23.1 Å². The van der Waals surface area contributed by atoms with E-state index < -0.39 is 16.8 Å². The summed E-state index contributed by atoms with van der Waals surface area (Å²) < 4.78 is 31.7. The molecule has 0 aromatic heterocycles. The van der Waals surface area contributed by atoms with Gasteiger partial charge in [0, 0.05) is 12.1 Å². The predicted octanol–water partition coefficient (Wildman–Crippen LogP) is 5.42. The lowest BCUT2D eigenvalue weighted by molar-refractivity contribution is -0.169. The molecule has 1 aromatic rings. The van der Waals surface area contributed by atoms with Gasteiger partial charge in [0.2, 0.25) is 0 Å². The van der Waals surface area contributed by atoms with Gasteiger partial charge in [-0.25, -0.2) is 4.39 Å². The summed E-state index contributed by atoms with van der Waals surface area (Å²) >= 11 is 0. The molecule has 4 rings (SSSR count). The summed E-state index contributed by atoms with van der Waals surface area (Å²) in [5, 5.41) is 3.15. The van der Waals surface area contributed by atoms with Crippen LogP contribution in [0.1, 0.15) is 89.4 Å². The third-order valence-electron chi connectivity index (χ3n) is 7.77. The summed E-state index contributed by atoms with van der Waals surface area (Å²) in [6.45, 7) is 7.50. The molecule has 2 bridgehead atoms. The van der Waals surface area contributed by atoms with Gasteiger partial charge in [0.15, 0.2) is 11.6 Å². The SMILES string of the molecule is COc1cc(F)c(O[C@H]2CC[C@@](C)(C(=O)OC(C)(C)C)CC2)cc1C(=O)N[C@H]1C[C@@H]2CC[C@H]1C2. The summed E-state index contributed by atoms with van der Waals surface area (Å²) in [5.74, 6) is 0.485. The molecule has 0 spiro atoms. The monoisotopic (exact) mass is 475 g/mol. The van der Waals surface area contributed by atoms with Crippen molar-refractivity contribution in [3.05, 3.63) is 23.5 Å². The number of ether oxygens (including phenoxy) is 3. The molecule has 0 aliphatic heterocycles. The summed E-state index contributed by atoms with van der Waals surface area (Å²) in [6, 6.07) is 2.85. The number of amides is 1. The fourth-order valence-electron chi connectivity index (χ4n) is 5.77. The summed E-state index contributed by atoms with van der Waals surface area (Å²) in [7, 11) is 1.43. The molecule has 6 nitrogen and oxygen atoms in total. The minimum absolute atomic E-state index is 0.0461. The second-order valence-electron chi connectivity index (χ2n) is 11.6. The Balaban J connectivity index is 1.41. The molecule has 34 heavy (non-hydrogen) atoms. The standard InChI is InChI=1S/C27H38FNO5/c1-26(2,3)34-25(31)27(4)10-8-18(9-11-27)33-23-14-19(22(32-5)15-20(23)28)24(30)29-21-13-16-6-7-17(21)12-16/h14-18,21H,6-13H2,1-5H3,(H,29,30)/t16-,17+,18-,21+,27+/m1/s1. The van der Waals surface area contributed by atoms with Gasteiger partial charge in [0.1, 0.15) is 11.4 Å². The van der Waals surface area contributed by atoms with E-state index in [1.165, 1.54) is 32.1 Å². The van der Waals surface area contributed by atoms with E-state index >= 15 is 0 Å². The van der Waals surface area contributed by atoms with Gasteiger partial charge in [-0.2, -0.15) is 0 Å². The molecular formula is C27H38FNO5. The molecule has 188 valence electrons. The Bertz CT molecular complexity index is 932. The van der Waals surface area contributed by atoms with E-state index in [1.807, 2.05) is 27.7 Å². The summed E-state index contributed by atoms with van der Waals surface area (Å²) in [4.78, 5) is 25.7. The molecule has 0 saturated heterocycles. The maximum absolute atomic E-state index is 14.8. The average molecular weight is 476 g/mol. The van der Waals surface area contributed by atoms with Crippen LogP contribution in [0.5, 0.6) is 11.5 Å². The van der Waals surface area contributed by atoms with Gasteiger partial charge in [0.05, 0.1) is 24.2 Å². The quantitative estimate of drug-likeness (QED) is 0.556. The van der Waals surface area contributed by atoms with Crippen LogP contribution in [0.4, 0.5) is 4.39 Å². The van der Waals surface area contributed by atoms with E-state index in [-0.39, 0.29) is 41.1 Å². The lowest BCUT2D eigenvalue weighted by Gasteiger charge is -2.37. The second kappa shape index (κ2) is 9.38. The van der Waals surface area contributed by atoms with Crippen molar-refractivity contribution in [2.75, 3.05) is 7.11 Å². The van der Waals surface area contributed by atoms with Crippen molar-refractivity contribution in [3.8, 4) is 11.5 Å². The van der Waals surface area contributed by atoms with Gasteiger partial charge in [-0.05, 0) is 90.5 Å². The van der Waals surface area contributed by atoms with Gasteiger partial charge >= 0.3 is 5.97 Å². The van der Waals surface area contributed by atoms with Crippen LogP contribution in [0.15, 0.2) is 12.1 Å². The number of halogens is 1. The van der Waals surface area contributed by atoms with Crippen LogP contribution in [-0.4, -0.2) is 36.7 Å². The zero-order valence-electron chi connectivity index (χ0n) is 21.0. The van der Waals surface area contributed by atoms with Gasteiger partial charge in [-0.3, -0.25) is 9.59 Å². The van der Waals surface area contributed by atoms with Crippen LogP contribution in [0.25, 0.3) is 0 Å². The highest BCUT2D eigenvalue weighted by Gasteiger charge is 2.42. The van der Waals surface area contributed by atoms with Crippen molar-refractivity contribution in [2.45, 2.75) is 96.8 Å². The van der Waals surface area contributed by atoms with E-state index in [0.29, 0.717) is 37.5 Å². The largest absolute Gasteiger partial charge is 0.496 e. The number of esters is 1. The molecule has 0 radical (unpaired) electrons. The molecule has 0 heterocycles. The van der Waals surface area contributed by atoms with Crippen molar-refractivity contribution in [3.63, 3.8) is 0 Å².